The van der Waals surface area contributed by atoms with Crippen LogP contribution < -0.4 is 20.5 Å². The highest BCUT2D eigenvalue weighted by molar-refractivity contribution is 6.05. The minimum atomic E-state index is -0.942. The van der Waals surface area contributed by atoms with Crippen LogP contribution in [0.2, 0.25) is 0 Å². The van der Waals surface area contributed by atoms with Crippen molar-refractivity contribution >= 4 is 44.8 Å². The van der Waals surface area contributed by atoms with Crippen LogP contribution in [0.5, 0.6) is 23.0 Å². The van der Waals surface area contributed by atoms with Gasteiger partial charge in [-0.25, -0.2) is 4.79 Å². The van der Waals surface area contributed by atoms with Gasteiger partial charge in [0.15, 0.2) is 0 Å². The molecule has 8 rings (SSSR count). The van der Waals surface area contributed by atoms with Crippen LogP contribution in [0.15, 0.2) is 182 Å². The number of carbonyl (C=O) groups excluding carboxylic acids is 1. The summed E-state index contributed by atoms with van der Waals surface area (Å²) in [5.41, 5.74) is 8.14. The van der Waals surface area contributed by atoms with Crippen molar-refractivity contribution in [2.75, 3.05) is 11.1 Å². The summed E-state index contributed by atoms with van der Waals surface area (Å²) >= 11 is 0. The van der Waals surface area contributed by atoms with Gasteiger partial charge >= 0.3 is 5.97 Å². The normalized spacial score (nSPS) is 10.0. The van der Waals surface area contributed by atoms with E-state index in [1.807, 2.05) is 84.9 Å². The Kier molecular flexibility index (Phi) is 12.5. The molecule has 0 aliphatic heterocycles. The number of hydrogen-bond donors (Lipinski definition) is 3. The quantitative estimate of drug-likeness (QED) is 0.136. The van der Waals surface area contributed by atoms with Crippen LogP contribution in [0.4, 0.5) is 11.4 Å². The van der Waals surface area contributed by atoms with Crippen molar-refractivity contribution in [2.24, 2.45) is 0 Å². The SMILES string of the molecule is N#Cc1ccccc1N.N#Cc1ccccc1NC(=O)c1ccc(Oc2ccc3ccccc3c2)cc1.O=C(O)c1ccc(Oc2ccc3ccccc3c2)cc1. The Labute approximate surface area is 329 Å². The molecule has 9 heteroatoms. The molecule has 4 N–H and O–H groups in total. The lowest BCUT2D eigenvalue weighted by atomic mass is 10.1. The largest absolute Gasteiger partial charge is 0.478 e. The van der Waals surface area contributed by atoms with E-state index >= 15 is 0 Å². The van der Waals surface area contributed by atoms with Crippen LogP contribution in [-0.4, -0.2) is 17.0 Å². The van der Waals surface area contributed by atoms with Crippen LogP contribution in [0.3, 0.4) is 0 Å². The van der Waals surface area contributed by atoms with Crippen LogP contribution in [0.1, 0.15) is 31.8 Å². The molecular weight excluding hydrogens is 713 g/mol. The Bertz CT molecular complexity index is 2750. The van der Waals surface area contributed by atoms with Crippen molar-refractivity contribution in [1.29, 1.82) is 10.5 Å². The summed E-state index contributed by atoms with van der Waals surface area (Å²) in [7, 11) is 0. The number of nitrogens with two attached hydrogens (primary N) is 1. The van der Waals surface area contributed by atoms with Gasteiger partial charge in [-0.05, 0) is 119 Å². The first-order chi connectivity index (χ1) is 27.8. The van der Waals surface area contributed by atoms with E-state index in [0.717, 1.165) is 33.0 Å². The highest BCUT2D eigenvalue weighted by Gasteiger charge is 2.10. The highest BCUT2D eigenvalue weighted by atomic mass is 16.5. The average Bonchev–Trinajstić information content (AvgIpc) is 3.25. The molecule has 0 heterocycles. The van der Waals surface area contributed by atoms with Gasteiger partial charge in [0, 0.05) is 11.3 Å². The standard InChI is InChI=1S/C24H16N2O2.C17H12O3.C7H6N2/c25-16-20-7-3-4-8-23(20)26-24(27)18-10-12-21(13-11-18)28-22-14-9-17-5-1-2-6-19(17)15-22;18-17(19)13-6-8-15(9-7-13)20-16-10-5-12-3-1-2-4-14(12)11-16;8-5-6-3-1-2-4-7(6)9/h1-15H,(H,26,27);1-11H,(H,18,19);1-4H,9H2. The summed E-state index contributed by atoms with van der Waals surface area (Å²) in [4.78, 5) is 23.2. The molecule has 1 amide bonds. The van der Waals surface area contributed by atoms with Gasteiger partial charge in [0.25, 0.3) is 5.91 Å². The van der Waals surface area contributed by atoms with E-state index in [-0.39, 0.29) is 11.5 Å². The number of nitriles is 2. The van der Waals surface area contributed by atoms with Crippen molar-refractivity contribution in [3.8, 4) is 35.1 Å². The van der Waals surface area contributed by atoms with Crippen molar-refractivity contribution in [1.82, 2.24) is 0 Å². The average molecular weight is 747 g/mol. The van der Waals surface area contributed by atoms with E-state index in [4.69, 9.17) is 30.8 Å². The fraction of sp³-hybridized carbons (Fsp3) is 0. The van der Waals surface area contributed by atoms with E-state index in [9.17, 15) is 9.59 Å². The monoisotopic (exact) mass is 746 g/mol. The molecule has 57 heavy (non-hydrogen) atoms. The number of carboxylic acid groups (broad SMARTS) is 1. The molecule has 0 atom stereocenters. The smallest absolute Gasteiger partial charge is 0.335 e. The van der Waals surface area contributed by atoms with E-state index in [1.165, 1.54) is 12.1 Å². The molecule has 0 bridgehead atoms. The number of nitrogen functional groups attached to an aromatic ring is 1. The van der Waals surface area contributed by atoms with Crippen molar-refractivity contribution < 1.29 is 24.2 Å². The molecule has 8 aromatic rings. The van der Waals surface area contributed by atoms with Crippen molar-refractivity contribution in [2.45, 2.75) is 0 Å². The van der Waals surface area contributed by atoms with Crippen LogP contribution in [-0.2, 0) is 0 Å². The minimum absolute atomic E-state index is 0.246. The fourth-order valence-electron chi connectivity index (χ4n) is 5.56. The fourth-order valence-corrected chi connectivity index (χ4v) is 5.56. The summed E-state index contributed by atoms with van der Waals surface area (Å²) in [5.74, 6) is 1.50. The Morgan fingerprint density at radius 3 is 1.39 bits per heavy atom. The second-order valence-electron chi connectivity index (χ2n) is 12.4. The molecule has 0 fully saturated rings. The summed E-state index contributed by atoms with van der Waals surface area (Å²) in [6, 6.07) is 59.0. The van der Waals surface area contributed by atoms with E-state index < -0.39 is 5.97 Å². The maximum absolute atomic E-state index is 12.4. The lowest BCUT2D eigenvalue weighted by Gasteiger charge is -2.09. The third-order valence-electron chi connectivity index (χ3n) is 8.51. The number of fused-ring (bicyclic) bond motifs is 2. The van der Waals surface area contributed by atoms with Crippen molar-refractivity contribution in [3.63, 3.8) is 0 Å². The van der Waals surface area contributed by atoms with Gasteiger partial charge in [0.1, 0.15) is 35.1 Å². The Morgan fingerprint density at radius 1 is 0.491 bits per heavy atom. The number of nitrogens with one attached hydrogen (secondary N) is 1. The van der Waals surface area contributed by atoms with Gasteiger partial charge in [-0.3, -0.25) is 4.79 Å². The summed E-state index contributed by atoms with van der Waals surface area (Å²) in [6.07, 6.45) is 0. The first kappa shape index (κ1) is 38.3. The number of amides is 1. The van der Waals surface area contributed by atoms with Gasteiger partial charge in [-0.2, -0.15) is 10.5 Å². The lowest BCUT2D eigenvalue weighted by molar-refractivity contribution is 0.0696. The van der Waals surface area contributed by atoms with Crippen LogP contribution >= 0.6 is 0 Å². The molecule has 0 radical (unpaired) electrons. The number of para-hydroxylation sites is 2. The van der Waals surface area contributed by atoms with Crippen LogP contribution in [0.25, 0.3) is 21.5 Å². The minimum Gasteiger partial charge on any atom is -0.478 e. The first-order valence-corrected chi connectivity index (χ1v) is 17.6. The number of hydrogen-bond acceptors (Lipinski definition) is 7. The number of ether oxygens (including phenoxy) is 2. The zero-order valence-corrected chi connectivity index (χ0v) is 30.4. The van der Waals surface area contributed by atoms with E-state index in [2.05, 4.69) is 17.5 Å². The number of benzene rings is 8. The number of nitrogens with zero attached hydrogens (tertiary/aromatic N) is 2. The van der Waals surface area contributed by atoms with Gasteiger partial charge in [-0.15, -0.1) is 0 Å². The predicted molar refractivity (Wildman–Crippen MR) is 223 cm³/mol. The zero-order valence-electron chi connectivity index (χ0n) is 30.4. The Balaban J connectivity index is 0.000000164. The lowest BCUT2D eigenvalue weighted by Crippen LogP contribution is -2.12. The van der Waals surface area contributed by atoms with Crippen LogP contribution in [0, 0.1) is 22.7 Å². The second kappa shape index (κ2) is 18.6. The number of aromatic carboxylic acids is 1. The third-order valence-corrected chi connectivity index (χ3v) is 8.51. The molecule has 9 nitrogen and oxygen atoms in total. The van der Waals surface area contributed by atoms with Gasteiger partial charge in [0.05, 0.1) is 22.4 Å². The van der Waals surface area contributed by atoms with E-state index in [0.29, 0.717) is 39.6 Å². The number of carboxylic acids is 1. The van der Waals surface area contributed by atoms with E-state index in [1.54, 1.807) is 84.9 Å². The number of anilines is 2. The van der Waals surface area contributed by atoms with Gasteiger partial charge < -0.3 is 25.6 Å². The molecule has 8 aromatic carbocycles. The zero-order chi connectivity index (χ0) is 40.0. The number of rotatable bonds is 7. The Morgan fingerprint density at radius 2 is 0.912 bits per heavy atom. The maximum Gasteiger partial charge on any atom is 0.335 e. The highest BCUT2D eigenvalue weighted by Crippen LogP contribution is 2.27. The molecule has 0 aromatic heterocycles. The Hall–Kier alpha value is -8.40. The third kappa shape index (κ3) is 10.4. The molecule has 0 aliphatic rings. The molecule has 0 spiro atoms. The molecule has 0 unspecified atom stereocenters. The molecular formula is C48H34N4O5. The predicted octanol–water partition coefficient (Wildman–Crippen LogP) is 11.2. The van der Waals surface area contributed by atoms with Gasteiger partial charge in [-0.1, -0.05) is 84.9 Å². The topological polar surface area (TPSA) is 158 Å². The summed E-state index contributed by atoms with van der Waals surface area (Å²) < 4.78 is 11.6. The number of carbonyl (C=O) groups is 2. The maximum atomic E-state index is 12.4. The summed E-state index contributed by atoms with van der Waals surface area (Å²) in [5, 5.41) is 33.6. The van der Waals surface area contributed by atoms with Gasteiger partial charge in [0.2, 0.25) is 0 Å². The molecule has 276 valence electrons. The molecule has 0 aliphatic carbocycles. The summed E-state index contributed by atoms with van der Waals surface area (Å²) in [6.45, 7) is 0. The molecule has 0 saturated heterocycles. The van der Waals surface area contributed by atoms with Crippen molar-refractivity contribution in [3.05, 3.63) is 204 Å². The first-order valence-electron chi connectivity index (χ1n) is 17.6. The molecule has 0 saturated carbocycles. The second-order valence-corrected chi connectivity index (χ2v) is 12.4.